The molecule has 1 unspecified atom stereocenters. The molecule has 1 atom stereocenters. The van der Waals surface area contributed by atoms with E-state index in [0.29, 0.717) is 34.9 Å². The molecule has 8 nitrogen and oxygen atoms in total. The fraction of sp³-hybridized carbons (Fsp3) is 0.429. The number of hydrogen-bond donors (Lipinski definition) is 1. The average Bonchev–Trinajstić information content (AvgIpc) is 3.05. The number of amides is 1. The number of rotatable bonds is 7. The number of hydrogen-bond acceptors (Lipinski definition) is 6. The van der Waals surface area contributed by atoms with Crippen LogP contribution in [0.1, 0.15) is 56.3 Å². The maximum Gasteiger partial charge on any atom is 0.349 e. The second-order valence-electron chi connectivity index (χ2n) is 7.71. The Bertz CT molecular complexity index is 1070. The molecule has 29 heavy (non-hydrogen) atoms. The Morgan fingerprint density at radius 1 is 1.24 bits per heavy atom. The average molecular weight is 398 g/mol. The van der Waals surface area contributed by atoms with E-state index in [1.54, 1.807) is 36.0 Å². The van der Waals surface area contributed by atoms with Crippen LogP contribution in [0.25, 0.3) is 11.0 Å². The molecule has 2 heterocycles. The van der Waals surface area contributed by atoms with Crippen LogP contribution in [0.15, 0.2) is 39.8 Å². The van der Waals surface area contributed by atoms with Gasteiger partial charge in [0, 0.05) is 18.5 Å². The van der Waals surface area contributed by atoms with Gasteiger partial charge in [-0.05, 0) is 44.4 Å². The molecule has 1 aromatic carbocycles. The van der Waals surface area contributed by atoms with Gasteiger partial charge in [0.05, 0.1) is 12.1 Å². The van der Waals surface area contributed by atoms with Crippen LogP contribution in [0.5, 0.6) is 5.75 Å². The Morgan fingerprint density at radius 2 is 2.00 bits per heavy atom. The lowest BCUT2D eigenvalue weighted by Gasteiger charge is -2.19. The molecule has 0 fully saturated rings. The largest absolute Gasteiger partial charge is 0.491 e. The van der Waals surface area contributed by atoms with Crippen LogP contribution in [0, 0.1) is 5.92 Å². The van der Waals surface area contributed by atoms with Crippen molar-refractivity contribution in [3.63, 3.8) is 0 Å². The van der Waals surface area contributed by atoms with Crippen LogP contribution in [0.2, 0.25) is 0 Å². The van der Waals surface area contributed by atoms with Crippen LogP contribution >= 0.6 is 0 Å². The summed E-state index contributed by atoms with van der Waals surface area (Å²) in [5, 5.41) is 7.62. The molecule has 0 saturated heterocycles. The van der Waals surface area contributed by atoms with Crippen molar-refractivity contribution in [1.82, 2.24) is 20.1 Å². The zero-order chi connectivity index (χ0) is 21.1. The highest BCUT2D eigenvalue weighted by molar-refractivity contribution is 5.96. The van der Waals surface area contributed by atoms with Crippen molar-refractivity contribution in [2.75, 3.05) is 0 Å². The first-order chi connectivity index (χ1) is 13.7. The third-order valence-corrected chi connectivity index (χ3v) is 4.39. The standard InChI is InChI=1S/C21H26N4O4/c1-12(2)8-17(19-22-11-23-25(19)5)24-20(26)16-9-14-6-7-15(28-13(3)4)10-18(14)29-21(16)27/h6-7,9-13,17H,8H2,1-5H3,(H,24,26). The van der Waals surface area contributed by atoms with Gasteiger partial charge in [0.15, 0.2) is 0 Å². The molecule has 8 heteroatoms. The highest BCUT2D eigenvalue weighted by Crippen LogP contribution is 2.23. The Labute approximate surface area is 168 Å². The van der Waals surface area contributed by atoms with Crippen LogP contribution in [0.4, 0.5) is 0 Å². The van der Waals surface area contributed by atoms with Gasteiger partial charge in [0.1, 0.15) is 29.0 Å². The minimum absolute atomic E-state index is 0.00252. The summed E-state index contributed by atoms with van der Waals surface area (Å²) >= 11 is 0. The van der Waals surface area contributed by atoms with E-state index in [-0.39, 0.29) is 17.7 Å². The number of nitrogens with one attached hydrogen (secondary N) is 1. The Kier molecular flexibility index (Phi) is 6.00. The van der Waals surface area contributed by atoms with Crippen molar-refractivity contribution in [2.24, 2.45) is 13.0 Å². The normalized spacial score (nSPS) is 12.5. The van der Waals surface area contributed by atoms with E-state index >= 15 is 0 Å². The number of aromatic nitrogens is 3. The highest BCUT2D eigenvalue weighted by Gasteiger charge is 2.23. The van der Waals surface area contributed by atoms with Gasteiger partial charge < -0.3 is 14.5 Å². The van der Waals surface area contributed by atoms with Crippen molar-refractivity contribution >= 4 is 16.9 Å². The van der Waals surface area contributed by atoms with E-state index in [1.807, 2.05) is 13.8 Å². The van der Waals surface area contributed by atoms with Crippen molar-refractivity contribution in [3.05, 3.63) is 52.4 Å². The first-order valence-electron chi connectivity index (χ1n) is 9.64. The lowest BCUT2D eigenvalue weighted by atomic mass is 10.0. The smallest absolute Gasteiger partial charge is 0.349 e. The summed E-state index contributed by atoms with van der Waals surface area (Å²) in [6, 6.07) is 6.37. The molecule has 3 rings (SSSR count). The molecule has 0 aliphatic carbocycles. The third kappa shape index (κ3) is 4.82. The summed E-state index contributed by atoms with van der Waals surface area (Å²) < 4.78 is 12.6. The van der Waals surface area contributed by atoms with E-state index in [4.69, 9.17) is 9.15 Å². The molecule has 2 aromatic heterocycles. The van der Waals surface area contributed by atoms with E-state index in [0.717, 1.165) is 0 Å². The number of carbonyl (C=O) groups is 1. The fourth-order valence-electron chi connectivity index (χ4n) is 3.15. The molecule has 3 aromatic rings. The summed E-state index contributed by atoms with van der Waals surface area (Å²) in [5.74, 6) is 1.04. The topological polar surface area (TPSA) is 99.2 Å². The van der Waals surface area contributed by atoms with Crippen LogP contribution < -0.4 is 15.7 Å². The summed E-state index contributed by atoms with van der Waals surface area (Å²) in [6.07, 6.45) is 2.10. The second kappa shape index (κ2) is 8.46. The molecule has 1 N–H and O–H groups in total. The van der Waals surface area contributed by atoms with Gasteiger partial charge >= 0.3 is 5.63 Å². The number of fused-ring (bicyclic) bond motifs is 1. The Balaban J connectivity index is 1.90. The molecule has 0 saturated carbocycles. The molecular weight excluding hydrogens is 372 g/mol. The molecule has 0 bridgehead atoms. The molecule has 0 aliphatic rings. The zero-order valence-corrected chi connectivity index (χ0v) is 17.3. The Hall–Kier alpha value is -3.16. The van der Waals surface area contributed by atoms with Gasteiger partial charge in [-0.25, -0.2) is 9.78 Å². The summed E-state index contributed by atoms with van der Waals surface area (Å²) in [4.78, 5) is 29.6. The first kappa shape index (κ1) is 20.6. The maximum atomic E-state index is 12.9. The quantitative estimate of drug-likeness (QED) is 0.614. The number of nitrogens with zero attached hydrogens (tertiary/aromatic N) is 3. The highest BCUT2D eigenvalue weighted by atomic mass is 16.5. The van der Waals surface area contributed by atoms with Gasteiger partial charge in [-0.15, -0.1) is 0 Å². The summed E-state index contributed by atoms with van der Waals surface area (Å²) in [7, 11) is 1.77. The molecule has 0 spiro atoms. The van der Waals surface area contributed by atoms with Crippen molar-refractivity contribution in [1.29, 1.82) is 0 Å². The lowest BCUT2D eigenvalue weighted by molar-refractivity contribution is 0.0925. The lowest BCUT2D eigenvalue weighted by Crippen LogP contribution is -2.34. The fourth-order valence-corrected chi connectivity index (χ4v) is 3.15. The number of carbonyl (C=O) groups excluding carboxylic acids is 1. The van der Waals surface area contributed by atoms with Gasteiger partial charge in [-0.2, -0.15) is 5.10 Å². The van der Waals surface area contributed by atoms with Crippen molar-refractivity contribution < 1.29 is 13.9 Å². The summed E-state index contributed by atoms with van der Waals surface area (Å²) in [5.41, 5.74) is -0.374. The zero-order valence-electron chi connectivity index (χ0n) is 17.3. The molecule has 1 amide bonds. The molecule has 0 aliphatic heterocycles. The van der Waals surface area contributed by atoms with Crippen LogP contribution in [-0.4, -0.2) is 26.8 Å². The Morgan fingerprint density at radius 3 is 2.62 bits per heavy atom. The van der Waals surface area contributed by atoms with Gasteiger partial charge in [0.2, 0.25) is 0 Å². The molecule has 0 radical (unpaired) electrons. The van der Waals surface area contributed by atoms with E-state index < -0.39 is 11.5 Å². The summed E-state index contributed by atoms with van der Waals surface area (Å²) in [6.45, 7) is 7.93. The van der Waals surface area contributed by atoms with Gasteiger partial charge in [-0.3, -0.25) is 9.48 Å². The number of aryl methyl sites for hydroxylation is 1. The minimum Gasteiger partial charge on any atom is -0.491 e. The van der Waals surface area contributed by atoms with Crippen molar-refractivity contribution in [2.45, 2.75) is 46.3 Å². The molecule has 154 valence electrons. The predicted octanol–water partition coefficient (Wildman–Crippen LogP) is 3.23. The van der Waals surface area contributed by atoms with E-state index in [2.05, 4.69) is 29.2 Å². The van der Waals surface area contributed by atoms with Gasteiger partial charge in [0.25, 0.3) is 5.91 Å². The van der Waals surface area contributed by atoms with E-state index in [1.165, 1.54) is 6.33 Å². The molecular formula is C21H26N4O4. The first-order valence-corrected chi connectivity index (χ1v) is 9.64. The van der Waals surface area contributed by atoms with Crippen LogP contribution in [-0.2, 0) is 7.05 Å². The number of ether oxygens (including phenoxy) is 1. The van der Waals surface area contributed by atoms with Crippen molar-refractivity contribution in [3.8, 4) is 5.75 Å². The predicted molar refractivity (Wildman–Crippen MR) is 109 cm³/mol. The second-order valence-corrected chi connectivity index (χ2v) is 7.71. The van der Waals surface area contributed by atoms with Crippen LogP contribution in [0.3, 0.4) is 0 Å². The third-order valence-electron chi connectivity index (χ3n) is 4.39. The minimum atomic E-state index is -0.696. The monoisotopic (exact) mass is 398 g/mol. The van der Waals surface area contributed by atoms with E-state index in [9.17, 15) is 9.59 Å². The number of benzene rings is 1. The maximum absolute atomic E-state index is 12.9. The van der Waals surface area contributed by atoms with Gasteiger partial charge in [-0.1, -0.05) is 13.8 Å². The SMILES string of the molecule is CC(C)CC(NC(=O)c1cc2ccc(OC(C)C)cc2oc1=O)c1ncnn1C.